The van der Waals surface area contributed by atoms with E-state index < -0.39 is 5.97 Å². The Morgan fingerprint density at radius 1 is 0.500 bits per heavy atom. The van der Waals surface area contributed by atoms with Crippen molar-refractivity contribution in [1.82, 2.24) is 0 Å². The van der Waals surface area contributed by atoms with E-state index in [-0.39, 0.29) is 12.1 Å². The fraction of sp³-hybridized carbons (Fsp3) is 0.850. The summed E-state index contributed by atoms with van der Waals surface area (Å²) in [5.41, 5.74) is 0. The van der Waals surface area contributed by atoms with Crippen molar-refractivity contribution in [2.24, 2.45) is 0 Å². The number of carboxylic acid groups (broad SMARTS) is 1. The Labute approximate surface area is 274 Å². The molecule has 0 aromatic carbocycles. The van der Waals surface area contributed by atoms with Crippen LogP contribution in [0.25, 0.3) is 0 Å². The summed E-state index contributed by atoms with van der Waals surface area (Å²) >= 11 is 0. The molecule has 0 rings (SSSR count). The third-order valence-electron chi connectivity index (χ3n) is 8.68. The summed E-state index contributed by atoms with van der Waals surface area (Å²) in [6.45, 7) is 4.47. The highest BCUT2D eigenvalue weighted by atomic mass is 16.5. The minimum absolute atomic E-state index is 0.0231. The van der Waals surface area contributed by atoms with Gasteiger partial charge in [0.2, 0.25) is 0 Å². The van der Waals surface area contributed by atoms with Gasteiger partial charge in [0, 0.05) is 12.8 Å². The van der Waals surface area contributed by atoms with Gasteiger partial charge in [0.05, 0.1) is 0 Å². The molecule has 1 unspecified atom stereocenters. The van der Waals surface area contributed by atoms with E-state index >= 15 is 0 Å². The van der Waals surface area contributed by atoms with E-state index in [9.17, 15) is 9.59 Å². The molecule has 0 aromatic rings. The van der Waals surface area contributed by atoms with Crippen molar-refractivity contribution in [3.63, 3.8) is 0 Å². The zero-order chi connectivity index (χ0) is 32.2. The number of carboxylic acids is 1. The van der Waals surface area contributed by atoms with E-state index in [0.29, 0.717) is 12.8 Å². The highest BCUT2D eigenvalue weighted by molar-refractivity contribution is 5.69. The fourth-order valence-electron chi connectivity index (χ4n) is 5.79. The maximum absolute atomic E-state index is 12.5. The van der Waals surface area contributed by atoms with Gasteiger partial charge in [0.1, 0.15) is 6.10 Å². The first-order valence-electron chi connectivity index (χ1n) is 19.3. The summed E-state index contributed by atoms with van der Waals surface area (Å²) in [6.07, 6.45) is 45.3. The van der Waals surface area contributed by atoms with Gasteiger partial charge in [-0.1, -0.05) is 160 Å². The minimum Gasteiger partial charge on any atom is -0.481 e. The molecule has 0 heterocycles. The molecular formula is C40H74O4. The second kappa shape index (κ2) is 35.9. The van der Waals surface area contributed by atoms with Gasteiger partial charge in [-0.25, -0.2) is 0 Å². The Kier molecular flexibility index (Phi) is 34.6. The molecule has 4 nitrogen and oxygen atoms in total. The number of aliphatic carboxylic acids is 1. The molecule has 0 aliphatic carbocycles. The molecule has 4 heteroatoms. The summed E-state index contributed by atoms with van der Waals surface area (Å²) in [6, 6.07) is 0. The van der Waals surface area contributed by atoms with Crippen LogP contribution in [0.4, 0.5) is 0 Å². The molecular weight excluding hydrogens is 544 g/mol. The number of carbonyl (C=O) groups excluding carboxylic acids is 1. The third kappa shape index (κ3) is 34.9. The van der Waals surface area contributed by atoms with Gasteiger partial charge in [-0.2, -0.15) is 0 Å². The zero-order valence-electron chi connectivity index (χ0n) is 29.5. The second-order valence-corrected chi connectivity index (χ2v) is 13.1. The number of rotatable bonds is 35. The SMILES string of the molecule is CCCCC/C=C\C/C=C\CCCCCCCC(=O)OC(CCCC)CCCCCCCCCCCCCCCCC(=O)O. The van der Waals surface area contributed by atoms with Gasteiger partial charge >= 0.3 is 11.9 Å². The summed E-state index contributed by atoms with van der Waals surface area (Å²) in [5.74, 6) is -0.643. The Morgan fingerprint density at radius 2 is 0.909 bits per heavy atom. The van der Waals surface area contributed by atoms with Crippen LogP contribution in [0.2, 0.25) is 0 Å². The quantitative estimate of drug-likeness (QED) is 0.0436. The van der Waals surface area contributed by atoms with Gasteiger partial charge in [0.25, 0.3) is 0 Å². The van der Waals surface area contributed by atoms with Crippen molar-refractivity contribution < 1.29 is 19.4 Å². The van der Waals surface area contributed by atoms with Crippen LogP contribution in [-0.4, -0.2) is 23.1 Å². The lowest BCUT2D eigenvalue weighted by molar-refractivity contribution is -0.150. The largest absolute Gasteiger partial charge is 0.481 e. The van der Waals surface area contributed by atoms with Crippen LogP contribution in [0.1, 0.15) is 213 Å². The van der Waals surface area contributed by atoms with Crippen LogP contribution in [-0.2, 0) is 14.3 Å². The van der Waals surface area contributed by atoms with Crippen molar-refractivity contribution in [2.75, 3.05) is 0 Å². The topological polar surface area (TPSA) is 63.6 Å². The first-order chi connectivity index (χ1) is 21.6. The van der Waals surface area contributed by atoms with E-state index in [2.05, 4.69) is 38.2 Å². The Bertz CT molecular complexity index is 668. The van der Waals surface area contributed by atoms with E-state index in [1.165, 1.54) is 128 Å². The Balaban J connectivity index is 3.65. The van der Waals surface area contributed by atoms with Crippen molar-refractivity contribution in [3.05, 3.63) is 24.3 Å². The lowest BCUT2D eigenvalue weighted by Crippen LogP contribution is -2.18. The molecule has 0 radical (unpaired) electrons. The lowest BCUT2D eigenvalue weighted by Gasteiger charge is -2.18. The van der Waals surface area contributed by atoms with Gasteiger partial charge < -0.3 is 9.84 Å². The van der Waals surface area contributed by atoms with Crippen molar-refractivity contribution >= 4 is 11.9 Å². The van der Waals surface area contributed by atoms with Crippen LogP contribution >= 0.6 is 0 Å². The molecule has 0 bridgehead atoms. The molecule has 258 valence electrons. The summed E-state index contributed by atoms with van der Waals surface area (Å²) in [4.78, 5) is 23.0. The lowest BCUT2D eigenvalue weighted by atomic mass is 10.0. The molecule has 1 atom stereocenters. The van der Waals surface area contributed by atoms with Crippen LogP contribution in [0.3, 0.4) is 0 Å². The number of unbranched alkanes of at least 4 members (excludes halogenated alkanes) is 22. The molecule has 0 aliphatic rings. The van der Waals surface area contributed by atoms with Crippen LogP contribution in [0.15, 0.2) is 24.3 Å². The highest BCUT2D eigenvalue weighted by Crippen LogP contribution is 2.18. The van der Waals surface area contributed by atoms with Crippen molar-refractivity contribution in [3.8, 4) is 0 Å². The van der Waals surface area contributed by atoms with Crippen LogP contribution < -0.4 is 0 Å². The molecule has 0 aromatic heterocycles. The molecule has 0 aliphatic heterocycles. The van der Waals surface area contributed by atoms with Gasteiger partial charge in [-0.3, -0.25) is 9.59 Å². The number of hydrogen-bond donors (Lipinski definition) is 1. The van der Waals surface area contributed by atoms with E-state index in [0.717, 1.165) is 57.8 Å². The number of hydrogen-bond acceptors (Lipinski definition) is 3. The third-order valence-corrected chi connectivity index (χ3v) is 8.68. The smallest absolute Gasteiger partial charge is 0.306 e. The first kappa shape index (κ1) is 42.4. The minimum atomic E-state index is -0.667. The van der Waals surface area contributed by atoms with Gasteiger partial charge in [-0.15, -0.1) is 0 Å². The van der Waals surface area contributed by atoms with Gasteiger partial charge in [-0.05, 0) is 64.2 Å². The van der Waals surface area contributed by atoms with Crippen molar-refractivity contribution in [1.29, 1.82) is 0 Å². The molecule has 0 spiro atoms. The number of esters is 1. The first-order valence-corrected chi connectivity index (χ1v) is 19.3. The van der Waals surface area contributed by atoms with E-state index in [1.54, 1.807) is 0 Å². The second-order valence-electron chi connectivity index (χ2n) is 13.1. The zero-order valence-corrected chi connectivity index (χ0v) is 29.5. The predicted octanol–water partition coefficient (Wildman–Crippen LogP) is 13.2. The number of ether oxygens (including phenoxy) is 1. The molecule has 1 N–H and O–H groups in total. The maximum atomic E-state index is 12.5. The Hall–Kier alpha value is -1.58. The fourth-order valence-corrected chi connectivity index (χ4v) is 5.79. The summed E-state index contributed by atoms with van der Waals surface area (Å²) < 4.78 is 5.92. The standard InChI is InChI=1S/C40H74O4/c1-3-5-7-8-9-10-11-12-13-18-21-24-27-30-33-37-40(43)44-38(34-6-4-2)35-31-28-25-22-19-16-14-15-17-20-23-26-29-32-36-39(41)42/h9-10,12-13,38H,3-8,11,14-37H2,1-2H3,(H,41,42)/b10-9-,13-12-. The number of allylic oxidation sites excluding steroid dienone is 4. The van der Waals surface area contributed by atoms with Crippen molar-refractivity contribution in [2.45, 2.75) is 219 Å². The Morgan fingerprint density at radius 3 is 1.41 bits per heavy atom. The summed E-state index contributed by atoms with van der Waals surface area (Å²) in [7, 11) is 0. The average molecular weight is 619 g/mol. The molecule has 0 saturated carbocycles. The van der Waals surface area contributed by atoms with Crippen LogP contribution in [0.5, 0.6) is 0 Å². The molecule has 0 amide bonds. The highest BCUT2D eigenvalue weighted by Gasteiger charge is 2.13. The van der Waals surface area contributed by atoms with Crippen LogP contribution in [0, 0.1) is 0 Å². The van der Waals surface area contributed by atoms with E-state index in [1.807, 2.05) is 0 Å². The summed E-state index contributed by atoms with van der Waals surface area (Å²) in [5, 5.41) is 8.66. The predicted molar refractivity (Wildman–Crippen MR) is 190 cm³/mol. The average Bonchev–Trinajstić information content (AvgIpc) is 3.01. The normalized spacial score (nSPS) is 12.4. The number of carbonyl (C=O) groups is 2. The van der Waals surface area contributed by atoms with E-state index in [4.69, 9.17) is 9.84 Å². The van der Waals surface area contributed by atoms with Gasteiger partial charge in [0.15, 0.2) is 0 Å². The maximum Gasteiger partial charge on any atom is 0.306 e. The molecule has 0 fully saturated rings. The monoisotopic (exact) mass is 619 g/mol. The molecule has 0 saturated heterocycles. The molecule has 44 heavy (non-hydrogen) atoms.